The molecule has 0 heterocycles. The van der Waals surface area contributed by atoms with Gasteiger partial charge < -0.3 is 10.1 Å². The topological polar surface area (TPSA) is 81.4 Å². The standard InChI is InChI=1S/C26H26N2O3S.ClH/c27-32(29,30)23-13-10-20(11-14-23)16-17-28-18-25-24-9-5-4-8-22(24)12-15-26(25)31-19-21-6-2-1-3-7-21;/h1-15,28H,16-19H2,(H2,27,29,30);1H. The zero-order valence-corrected chi connectivity index (χ0v) is 19.7. The minimum atomic E-state index is -3.66. The average molecular weight is 483 g/mol. The molecule has 0 aromatic heterocycles. The number of nitrogens with two attached hydrogens (primary N) is 1. The van der Waals surface area contributed by atoms with E-state index in [0.29, 0.717) is 13.2 Å². The van der Waals surface area contributed by atoms with Crippen LogP contribution >= 0.6 is 12.4 Å². The molecule has 0 unspecified atom stereocenters. The summed E-state index contributed by atoms with van der Waals surface area (Å²) in [4.78, 5) is 0.130. The van der Waals surface area contributed by atoms with Gasteiger partial charge in [-0.05, 0) is 53.1 Å². The summed E-state index contributed by atoms with van der Waals surface area (Å²) < 4.78 is 29.0. The number of primary sulfonamides is 1. The quantitative estimate of drug-likeness (QED) is 0.335. The Morgan fingerprint density at radius 2 is 1.48 bits per heavy atom. The molecule has 0 fully saturated rings. The second-order valence-corrected chi connectivity index (χ2v) is 9.21. The summed E-state index contributed by atoms with van der Waals surface area (Å²) in [7, 11) is -3.66. The van der Waals surface area contributed by atoms with Crippen LogP contribution in [0.25, 0.3) is 10.8 Å². The normalized spacial score (nSPS) is 11.2. The van der Waals surface area contributed by atoms with Gasteiger partial charge in [-0.1, -0.05) is 72.8 Å². The van der Waals surface area contributed by atoms with Crippen LogP contribution in [0.2, 0.25) is 0 Å². The van der Waals surface area contributed by atoms with Crippen LogP contribution < -0.4 is 15.2 Å². The van der Waals surface area contributed by atoms with Gasteiger partial charge in [-0.3, -0.25) is 0 Å². The minimum Gasteiger partial charge on any atom is -0.489 e. The largest absolute Gasteiger partial charge is 0.489 e. The highest BCUT2D eigenvalue weighted by molar-refractivity contribution is 7.89. The number of halogens is 1. The third kappa shape index (κ3) is 6.55. The van der Waals surface area contributed by atoms with Crippen LogP contribution in [-0.4, -0.2) is 15.0 Å². The fraction of sp³-hybridized carbons (Fsp3) is 0.154. The van der Waals surface area contributed by atoms with Crippen LogP contribution in [0, 0.1) is 0 Å². The number of fused-ring (bicyclic) bond motifs is 1. The third-order valence-corrected chi connectivity index (χ3v) is 6.31. The third-order valence-electron chi connectivity index (χ3n) is 5.38. The van der Waals surface area contributed by atoms with Crippen molar-refractivity contribution in [3.63, 3.8) is 0 Å². The summed E-state index contributed by atoms with van der Waals surface area (Å²) in [5.74, 6) is 0.873. The molecule has 172 valence electrons. The predicted octanol–water partition coefficient (Wildman–Crippen LogP) is 4.82. The fourth-order valence-electron chi connectivity index (χ4n) is 3.66. The molecule has 4 rings (SSSR count). The van der Waals surface area contributed by atoms with Crippen molar-refractivity contribution in [2.75, 3.05) is 6.54 Å². The van der Waals surface area contributed by atoms with E-state index < -0.39 is 10.0 Å². The first kappa shape index (κ1) is 24.7. The number of hydrogen-bond donors (Lipinski definition) is 2. The molecule has 0 atom stereocenters. The van der Waals surface area contributed by atoms with Crippen molar-refractivity contribution >= 4 is 33.2 Å². The molecule has 33 heavy (non-hydrogen) atoms. The Morgan fingerprint density at radius 3 is 2.21 bits per heavy atom. The molecule has 0 aliphatic heterocycles. The summed E-state index contributed by atoms with van der Waals surface area (Å²) in [5.41, 5.74) is 3.30. The summed E-state index contributed by atoms with van der Waals surface area (Å²) in [6, 6.07) is 29.2. The van der Waals surface area contributed by atoms with Crippen LogP contribution in [0.15, 0.2) is 95.9 Å². The van der Waals surface area contributed by atoms with Gasteiger partial charge in [-0.25, -0.2) is 13.6 Å². The highest BCUT2D eigenvalue weighted by Gasteiger charge is 2.10. The molecule has 0 amide bonds. The maximum Gasteiger partial charge on any atom is 0.238 e. The van der Waals surface area contributed by atoms with E-state index in [1.807, 2.05) is 36.4 Å². The average Bonchev–Trinajstić information content (AvgIpc) is 2.81. The van der Waals surface area contributed by atoms with Crippen LogP contribution in [0.5, 0.6) is 5.75 Å². The van der Waals surface area contributed by atoms with Crippen molar-refractivity contribution in [3.8, 4) is 5.75 Å². The summed E-state index contributed by atoms with van der Waals surface area (Å²) >= 11 is 0. The molecular formula is C26H27ClN2O3S. The number of nitrogens with one attached hydrogen (secondary N) is 1. The number of hydrogen-bond acceptors (Lipinski definition) is 4. The molecule has 0 saturated heterocycles. The molecule has 4 aromatic carbocycles. The van der Waals surface area contributed by atoms with Gasteiger partial charge in [0.2, 0.25) is 10.0 Å². The summed E-state index contributed by atoms with van der Waals surface area (Å²) in [6.07, 6.45) is 0.774. The SMILES string of the molecule is Cl.NS(=O)(=O)c1ccc(CCNCc2c(OCc3ccccc3)ccc3ccccc23)cc1. The summed E-state index contributed by atoms with van der Waals surface area (Å²) in [5, 5.41) is 11.0. The number of ether oxygens (including phenoxy) is 1. The van der Waals surface area contributed by atoms with Crippen LogP contribution in [0.1, 0.15) is 16.7 Å². The smallest absolute Gasteiger partial charge is 0.238 e. The maximum absolute atomic E-state index is 11.4. The first-order chi connectivity index (χ1) is 15.5. The van der Waals surface area contributed by atoms with E-state index in [0.717, 1.165) is 35.4 Å². The van der Waals surface area contributed by atoms with E-state index in [1.54, 1.807) is 24.3 Å². The molecule has 0 bridgehead atoms. The molecule has 5 nitrogen and oxygen atoms in total. The Kier molecular flexibility index (Phi) is 8.47. The molecular weight excluding hydrogens is 456 g/mol. The molecule has 0 aliphatic rings. The fourth-order valence-corrected chi connectivity index (χ4v) is 4.18. The lowest BCUT2D eigenvalue weighted by atomic mass is 10.0. The lowest BCUT2D eigenvalue weighted by Crippen LogP contribution is -2.18. The maximum atomic E-state index is 11.4. The molecule has 7 heteroatoms. The van der Waals surface area contributed by atoms with Crippen molar-refractivity contribution in [1.82, 2.24) is 5.32 Å². The van der Waals surface area contributed by atoms with Gasteiger partial charge in [0.05, 0.1) is 4.90 Å². The van der Waals surface area contributed by atoms with Gasteiger partial charge in [0.1, 0.15) is 12.4 Å². The molecule has 0 aliphatic carbocycles. The van der Waals surface area contributed by atoms with Crippen LogP contribution in [0.3, 0.4) is 0 Å². The number of rotatable bonds is 9. The van der Waals surface area contributed by atoms with Crippen molar-refractivity contribution < 1.29 is 13.2 Å². The predicted molar refractivity (Wildman–Crippen MR) is 135 cm³/mol. The highest BCUT2D eigenvalue weighted by Crippen LogP contribution is 2.28. The van der Waals surface area contributed by atoms with E-state index in [9.17, 15) is 8.42 Å². The van der Waals surface area contributed by atoms with E-state index in [1.165, 1.54) is 10.8 Å². The monoisotopic (exact) mass is 482 g/mol. The van der Waals surface area contributed by atoms with E-state index >= 15 is 0 Å². The first-order valence-electron chi connectivity index (χ1n) is 10.5. The lowest BCUT2D eigenvalue weighted by molar-refractivity contribution is 0.303. The zero-order chi connectivity index (χ0) is 22.4. The molecule has 0 spiro atoms. The van der Waals surface area contributed by atoms with Gasteiger partial charge in [-0.2, -0.15) is 0 Å². The lowest BCUT2D eigenvalue weighted by Gasteiger charge is -2.15. The Balaban J connectivity index is 0.00000306. The molecule has 3 N–H and O–H groups in total. The number of sulfonamides is 1. The van der Waals surface area contributed by atoms with Crippen molar-refractivity contribution in [2.24, 2.45) is 5.14 Å². The van der Waals surface area contributed by atoms with Crippen LogP contribution in [-0.2, 0) is 29.6 Å². The van der Waals surface area contributed by atoms with Gasteiger partial charge in [0.25, 0.3) is 0 Å². The second kappa shape index (κ2) is 11.3. The van der Waals surface area contributed by atoms with Gasteiger partial charge in [0, 0.05) is 12.1 Å². The Morgan fingerprint density at radius 1 is 0.788 bits per heavy atom. The van der Waals surface area contributed by atoms with Crippen LogP contribution in [0.4, 0.5) is 0 Å². The second-order valence-electron chi connectivity index (χ2n) is 7.65. The Bertz CT molecular complexity index is 1290. The summed E-state index contributed by atoms with van der Waals surface area (Å²) in [6.45, 7) is 1.93. The number of benzene rings is 4. The minimum absolute atomic E-state index is 0. The van der Waals surface area contributed by atoms with Crippen molar-refractivity contribution in [1.29, 1.82) is 0 Å². The van der Waals surface area contributed by atoms with E-state index in [4.69, 9.17) is 9.88 Å². The molecule has 4 aromatic rings. The van der Waals surface area contributed by atoms with Gasteiger partial charge in [-0.15, -0.1) is 12.4 Å². The highest BCUT2D eigenvalue weighted by atomic mass is 35.5. The Hall–Kier alpha value is -2.90. The molecule has 0 saturated carbocycles. The van der Waals surface area contributed by atoms with Gasteiger partial charge in [0.15, 0.2) is 0 Å². The van der Waals surface area contributed by atoms with Crippen molar-refractivity contribution in [2.45, 2.75) is 24.5 Å². The molecule has 0 radical (unpaired) electrons. The van der Waals surface area contributed by atoms with Crippen molar-refractivity contribution in [3.05, 3.63) is 108 Å². The zero-order valence-electron chi connectivity index (χ0n) is 18.1. The first-order valence-corrected chi connectivity index (χ1v) is 12.1. The Labute approximate surface area is 201 Å². The van der Waals surface area contributed by atoms with E-state index in [-0.39, 0.29) is 17.3 Å². The van der Waals surface area contributed by atoms with Gasteiger partial charge >= 0.3 is 0 Å². The van der Waals surface area contributed by atoms with E-state index in [2.05, 4.69) is 35.6 Å².